The third-order valence-corrected chi connectivity index (χ3v) is 8.60. The molecule has 11 heteroatoms. The zero-order valence-electron chi connectivity index (χ0n) is 22.4. The van der Waals surface area contributed by atoms with E-state index in [9.17, 15) is 35.2 Å². The van der Waals surface area contributed by atoms with Crippen LogP contribution in [0.3, 0.4) is 0 Å². The van der Waals surface area contributed by atoms with Crippen molar-refractivity contribution in [2.24, 2.45) is 5.92 Å². The number of carbonyl (C=O) groups is 1. The summed E-state index contributed by atoms with van der Waals surface area (Å²) in [4.78, 5) is 13.2. The van der Waals surface area contributed by atoms with Crippen molar-refractivity contribution in [1.29, 1.82) is 0 Å². The molecule has 3 aliphatic carbocycles. The summed E-state index contributed by atoms with van der Waals surface area (Å²) in [7, 11) is -6.54. The van der Waals surface area contributed by atoms with Crippen molar-refractivity contribution in [3.05, 3.63) is 69.8 Å². The van der Waals surface area contributed by atoms with Gasteiger partial charge in [0.15, 0.2) is 0 Å². The van der Waals surface area contributed by atoms with Gasteiger partial charge in [0.25, 0.3) is 6.10 Å². The molecule has 0 heterocycles. The lowest BCUT2D eigenvalue weighted by molar-refractivity contribution is -0.261. The summed E-state index contributed by atoms with van der Waals surface area (Å²) in [5, 5.41) is -5.79. The molecular weight excluding hydrogens is 543 g/mol. The lowest BCUT2D eigenvalue weighted by Gasteiger charge is -2.45. The first kappa shape index (κ1) is 29.5. The summed E-state index contributed by atoms with van der Waals surface area (Å²) in [6, 6.07) is 11.5. The van der Waals surface area contributed by atoms with Crippen LogP contribution >= 0.6 is 0 Å². The Morgan fingerprint density at radius 3 is 1.79 bits per heavy atom. The first-order valence-corrected chi connectivity index (χ1v) is 13.9. The Balaban J connectivity index is 1.84. The molecule has 5 nitrogen and oxygen atoms in total. The van der Waals surface area contributed by atoms with Gasteiger partial charge in [0, 0.05) is 11.8 Å². The minimum atomic E-state index is -6.54. The van der Waals surface area contributed by atoms with E-state index in [1.54, 1.807) is 0 Å². The maximum absolute atomic E-state index is 14.2. The van der Waals surface area contributed by atoms with Crippen LogP contribution in [0.15, 0.2) is 36.4 Å². The van der Waals surface area contributed by atoms with Gasteiger partial charge >= 0.3 is 27.5 Å². The first-order chi connectivity index (χ1) is 17.5. The van der Waals surface area contributed by atoms with E-state index in [0.29, 0.717) is 11.1 Å². The number of hydrogen-bond acceptors (Lipinski definition) is 4. The Morgan fingerprint density at radius 1 is 0.846 bits per heavy atom. The van der Waals surface area contributed by atoms with Crippen LogP contribution in [0.25, 0.3) is 0 Å². The smallest absolute Gasteiger partial charge is 0.432 e. The fourth-order valence-electron chi connectivity index (χ4n) is 5.56. The Kier molecular flexibility index (Phi) is 6.79. The molecule has 0 fully saturated rings. The number of halogens is 5. The molecule has 4 unspecified atom stereocenters. The Morgan fingerprint density at radius 2 is 1.33 bits per heavy atom. The molecule has 0 aromatic heterocycles. The van der Waals surface area contributed by atoms with Crippen LogP contribution in [-0.2, 0) is 30.5 Å². The predicted octanol–water partition coefficient (Wildman–Crippen LogP) is 6.83. The second-order valence-electron chi connectivity index (χ2n) is 12.5. The molecular formula is C28H31F5O5S. The second kappa shape index (κ2) is 8.99. The Hall–Kier alpha value is -2.53. The standard InChI is InChI=1S/C28H31F5O5S/c1-25(2,3)14-8-10-17-18(11-14)19-13-21(22(17)20-12-15(26(4,5)6)7-9-16(19)20)23(34)38-24(27(29,30)31)28(32,33)39(35,36)37/h7-12,19,21-22,24H,13H2,1-6H3,(H,35,36,37). The summed E-state index contributed by atoms with van der Waals surface area (Å²) in [6.07, 6.45) is -10.3. The molecule has 39 heavy (non-hydrogen) atoms. The van der Waals surface area contributed by atoms with Crippen molar-refractivity contribution in [2.45, 2.75) is 88.2 Å². The van der Waals surface area contributed by atoms with E-state index in [2.05, 4.69) is 4.74 Å². The van der Waals surface area contributed by atoms with Crippen molar-refractivity contribution in [2.75, 3.05) is 0 Å². The Labute approximate surface area is 224 Å². The van der Waals surface area contributed by atoms with Crippen LogP contribution in [0.4, 0.5) is 22.0 Å². The lowest BCUT2D eigenvalue weighted by atomic mass is 9.58. The van der Waals surface area contributed by atoms with E-state index in [0.717, 1.165) is 22.3 Å². The molecule has 4 atom stereocenters. The highest BCUT2D eigenvalue weighted by molar-refractivity contribution is 7.86. The van der Waals surface area contributed by atoms with Gasteiger partial charge in [-0.2, -0.15) is 30.4 Å². The van der Waals surface area contributed by atoms with Crippen LogP contribution in [0.2, 0.25) is 0 Å². The zero-order chi connectivity index (χ0) is 29.5. The minimum Gasteiger partial charge on any atom is -0.444 e. The number of carbonyl (C=O) groups excluding carboxylic acids is 1. The quantitative estimate of drug-likeness (QED) is 0.246. The maximum atomic E-state index is 14.2. The van der Waals surface area contributed by atoms with Gasteiger partial charge in [0.2, 0.25) is 0 Å². The highest BCUT2D eigenvalue weighted by Crippen LogP contribution is 2.57. The Bertz CT molecular complexity index is 1420. The average molecular weight is 575 g/mol. The fraction of sp³-hybridized carbons (Fsp3) is 0.536. The molecule has 0 spiro atoms. The van der Waals surface area contributed by atoms with Crippen molar-refractivity contribution >= 4 is 16.1 Å². The average Bonchev–Trinajstić information content (AvgIpc) is 2.78. The number of fused-ring (bicyclic) bond motifs is 1. The highest BCUT2D eigenvalue weighted by Gasteiger charge is 2.66. The third kappa shape index (κ3) is 5.08. The molecule has 214 valence electrons. The monoisotopic (exact) mass is 574 g/mol. The largest absolute Gasteiger partial charge is 0.444 e. The molecule has 0 saturated heterocycles. The van der Waals surface area contributed by atoms with E-state index in [1.165, 1.54) is 0 Å². The molecule has 0 aliphatic heterocycles. The maximum Gasteiger partial charge on any atom is 0.432 e. The number of ether oxygens (including phenoxy) is 1. The number of esters is 1. The van der Waals surface area contributed by atoms with Gasteiger partial charge in [0.1, 0.15) is 0 Å². The fourth-order valence-corrected chi connectivity index (χ4v) is 6.02. The molecule has 3 aliphatic rings. The zero-order valence-corrected chi connectivity index (χ0v) is 23.2. The molecule has 5 rings (SSSR count). The van der Waals surface area contributed by atoms with Crippen LogP contribution < -0.4 is 0 Å². The number of benzene rings is 2. The third-order valence-electron chi connectivity index (χ3n) is 7.70. The minimum absolute atomic E-state index is 0.00597. The van der Waals surface area contributed by atoms with Gasteiger partial charge in [-0.1, -0.05) is 77.9 Å². The van der Waals surface area contributed by atoms with Gasteiger partial charge in [-0.3, -0.25) is 9.35 Å². The number of rotatable bonds is 4. The summed E-state index contributed by atoms with van der Waals surface area (Å²) in [6.45, 7) is 12.0. The van der Waals surface area contributed by atoms with Crippen LogP contribution in [0.1, 0.15) is 93.2 Å². The van der Waals surface area contributed by atoms with Crippen LogP contribution in [0.5, 0.6) is 0 Å². The van der Waals surface area contributed by atoms with Gasteiger partial charge < -0.3 is 4.74 Å². The lowest BCUT2D eigenvalue weighted by Crippen LogP contribution is -2.53. The van der Waals surface area contributed by atoms with Gasteiger partial charge in [0.05, 0.1) is 5.92 Å². The molecule has 2 aromatic rings. The topological polar surface area (TPSA) is 80.7 Å². The normalized spacial score (nSPS) is 22.2. The summed E-state index contributed by atoms with van der Waals surface area (Å²) < 4.78 is 104. The van der Waals surface area contributed by atoms with E-state index in [4.69, 9.17) is 4.55 Å². The van der Waals surface area contributed by atoms with Crippen molar-refractivity contribution in [3.63, 3.8) is 0 Å². The van der Waals surface area contributed by atoms with Crippen molar-refractivity contribution in [1.82, 2.24) is 0 Å². The van der Waals surface area contributed by atoms with Gasteiger partial charge in [-0.15, -0.1) is 0 Å². The van der Waals surface area contributed by atoms with Crippen molar-refractivity contribution < 1.29 is 44.5 Å². The van der Waals surface area contributed by atoms with Gasteiger partial charge in [-0.05, 0) is 50.6 Å². The summed E-state index contributed by atoms with van der Waals surface area (Å²) >= 11 is 0. The SMILES string of the molecule is CC(C)(C)c1ccc2c(c1)C1CC(C(=O)OC(C(F)(F)F)C(F)(F)S(=O)(=O)O)C2c2cc(C(C)(C)C)ccc21. The van der Waals surface area contributed by atoms with Crippen LogP contribution in [0, 0.1) is 5.92 Å². The van der Waals surface area contributed by atoms with E-state index >= 15 is 0 Å². The second-order valence-corrected chi connectivity index (χ2v) is 13.9. The molecule has 0 radical (unpaired) electrons. The van der Waals surface area contributed by atoms with E-state index in [-0.39, 0.29) is 17.3 Å². The molecule has 2 bridgehead atoms. The van der Waals surface area contributed by atoms with E-state index < -0.39 is 51.4 Å². The van der Waals surface area contributed by atoms with Crippen molar-refractivity contribution in [3.8, 4) is 0 Å². The van der Waals surface area contributed by atoms with E-state index in [1.807, 2.05) is 77.9 Å². The first-order valence-electron chi connectivity index (χ1n) is 12.5. The van der Waals surface area contributed by atoms with Gasteiger partial charge in [-0.25, -0.2) is 0 Å². The summed E-state index contributed by atoms with van der Waals surface area (Å²) in [5.41, 5.74) is 4.62. The predicted molar refractivity (Wildman–Crippen MR) is 135 cm³/mol. The van der Waals surface area contributed by atoms with Crippen LogP contribution in [-0.4, -0.2) is 36.5 Å². The molecule has 2 aromatic carbocycles. The summed E-state index contributed by atoms with van der Waals surface area (Å²) in [5.74, 6) is -4.10. The number of alkyl halides is 5. The highest BCUT2D eigenvalue weighted by atomic mass is 32.2. The molecule has 0 saturated carbocycles. The number of hydrogen-bond donors (Lipinski definition) is 1. The molecule has 0 amide bonds. The molecule has 1 N–H and O–H groups in total.